The molecule has 1 aliphatic heterocycles. The summed E-state index contributed by atoms with van der Waals surface area (Å²) in [7, 11) is 3.32. The molecule has 0 saturated carbocycles. The number of ether oxygens (including phenoxy) is 2. The third kappa shape index (κ3) is 4.81. The molecule has 3 N–H and O–H groups in total. The maximum atomic E-state index is 11.3. The number of aryl methyl sites for hydroxylation is 1. The molecule has 6 nitrogen and oxygen atoms in total. The fraction of sp³-hybridized carbons (Fsp3) is 0.346. The summed E-state index contributed by atoms with van der Waals surface area (Å²) in [5.41, 5.74) is 5.03. The summed E-state index contributed by atoms with van der Waals surface area (Å²) in [6.07, 6.45) is 9.48. The van der Waals surface area contributed by atoms with E-state index >= 15 is 0 Å². The third-order valence-corrected chi connectivity index (χ3v) is 6.24. The molecule has 2 heterocycles. The van der Waals surface area contributed by atoms with Gasteiger partial charge in [-0.1, -0.05) is 18.6 Å². The number of aromatic nitrogens is 1. The van der Waals surface area contributed by atoms with Gasteiger partial charge in [0.2, 0.25) is 0 Å². The van der Waals surface area contributed by atoms with E-state index in [1.807, 2.05) is 18.3 Å². The van der Waals surface area contributed by atoms with E-state index in [1.54, 1.807) is 26.4 Å². The van der Waals surface area contributed by atoms with Gasteiger partial charge in [-0.25, -0.2) is 4.79 Å². The van der Waals surface area contributed by atoms with Crippen molar-refractivity contribution >= 4 is 22.4 Å². The first-order chi connectivity index (χ1) is 15.6. The lowest BCUT2D eigenvalue weighted by Gasteiger charge is -2.25. The number of aromatic amines is 1. The smallest absolute Gasteiger partial charge is 0.335 e. The highest BCUT2D eigenvalue weighted by molar-refractivity contribution is 5.94. The van der Waals surface area contributed by atoms with E-state index in [0.717, 1.165) is 61.1 Å². The summed E-state index contributed by atoms with van der Waals surface area (Å²) < 4.78 is 10.8. The summed E-state index contributed by atoms with van der Waals surface area (Å²) in [6.45, 7) is 0.870. The Hall–Kier alpha value is -3.25. The van der Waals surface area contributed by atoms with Crippen LogP contribution in [0.3, 0.4) is 0 Å². The van der Waals surface area contributed by atoms with Crippen molar-refractivity contribution in [2.45, 2.75) is 38.1 Å². The van der Waals surface area contributed by atoms with Crippen LogP contribution in [0.15, 0.2) is 48.7 Å². The zero-order chi connectivity index (χ0) is 22.5. The number of aromatic carboxylic acids is 1. The molecule has 32 heavy (non-hydrogen) atoms. The Kier molecular flexibility index (Phi) is 6.81. The van der Waals surface area contributed by atoms with Crippen molar-refractivity contribution in [3.05, 3.63) is 65.4 Å². The maximum Gasteiger partial charge on any atom is 0.335 e. The molecule has 168 valence electrons. The van der Waals surface area contributed by atoms with E-state index in [1.165, 1.54) is 16.7 Å². The van der Waals surface area contributed by atoms with Crippen LogP contribution >= 0.6 is 0 Å². The van der Waals surface area contributed by atoms with Crippen LogP contribution < -0.4 is 14.8 Å². The van der Waals surface area contributed by atoms with E-state index < -0.39 is 5.97 Å². The van der Waals surface area contributed by atoms with Gasteiger partial charge >= 0.3 is 5.97 Å². The van der Waals surface area contributed by atoms with E-state index in [9.17, 15) is 9.90 Å². The number of carboxylic acid groups (broad SMARTS) is 1. The fourth-order valence-electron chi connectivity index (χ4n) is 4.47. The second-order valence-corrected chi connectivity index (χ2v) is 8.23. The summed E-state index contributed by atoms with van der Waals surface area (Å²) in [5.74, 6) is 0.613. The zero-order valence-electron chi connectivity index (χ0n) is 18.6. The van der Waals surface area contributed by atoms with Crippen molar-refractivity contribution in [3.8, 4) is 11.5 Å². The number of hydrogen-bond acceptors (Lipinski definition) is 4. The van der Waals surface area contributed by atoms with Gasteiger partial charge in [0.05, 0.1) is 19.8 Å². The zero-order valence-corrected chi connectivity index (χ0v) is 18.6. The molecule has 1 atom stereocenters. The van der Waals surface area contributed by atoms with Gasteiger partial charge in [0.25, 0.3) is 0 Å². The molecule has 1 aromatic heterocycles. The van der Waals surface area contributed by atoms with Crippen LogP contribution in [-0.4, -0.2) is 42.9 Å². The molecule has 0 radical (unpaired) electrons. The molecule has 1 unspecified atom stereocenters. The van der Waals surface area contributed by atoms with Crippen LogP contribution in [0.5, 0.6) is 11.5 Å². The first-order valence-corrected chi connectivity index (χ1v) is 11.1. The third-order valence-electron chi connectivity index (χ3n) is 6.24. The normalized spacial score (nSPS) is 16.1. The second-order valence-electron chi connectivity index (χ2n) is 8.23. The number of hydrogen-bond donors (Lipinski definition) is 3. The molecule has 0 aliphatic carbocycles. The first kappa shape index (κ1) is 22.0. The number of H-pyrrole nitrogens is 1. The Bertz CT molecular complexity index is 1130. The van der Waals surface area contributed by atoms with Crippen LogP contribution in [-0.2, 0) is 6.42 Å². The van der Waals surface area contributed by atoms with E-state index in [0.29, 0.717) is 11.6 Å². The maximum absolute atomic E-state index is 11.3. The topological polar surface area (TPSA) is 83.6 Å². The number of methoxy groups -OCH3 is 2. The minimum atomic E-state index is -0.888. The highest BCUT2D eigenvalue weighted by Gasteiger charge is 2.17. The average molecular weight is 435 g/mol. The predicted octanol–water partition coefficient (Wildman–Crippen LogP) is 5.04. The minimum absolute atomic E-state index is 0.333. The lowest BCUT2D eigenvalue weighted by Crippen LogP contribution is -2.32. The molecular formula is C26H30N2O4. The first-order valence-electron chi connectivity index (χ1n) is 11.1. The average Bonchev–Trinajstić information content (AvgIpc) is 3.23. The number of carboxylic acids is 1. The number of nitrogens with one attached hydrogen (secondary N) is 2. The molecule has 3 aromatic rings. The number of rotatable bonds is 9. The van der Waals surface area contributed by atoms with Crippen molar-refractivity contribution in [1.82, 2.24) is 10.3 Å². The van der Waals surface area contributed by atoms with Crippen molar-refractivity contribution < 1.29 is 19.4 Å². The van der Waals surface area contributed by atoms with Crippen LogP contribution in [0, 0.1) is 0 Å². The van der Waals surface area contributed by atoms with Crippen molar-refractivity contribution in [3.63, 3.8) is 0 Å². The molecule has 0 fully saturated rings. The summed E-state index contributed by atoms with van der Waals surface area (Å²) >= 11 is 0. The van der Waals surface area contributed by atoms with Gasteiger partial charge in [-0.05, 0) is 72.7 Å². The van der Waals surface area contributed by atoms with Gasteiger partial charge in [0, 0.05) is 29.7 Å². The minimum Gasteiger partial charge on any atom is -0.493 e. The van der Waals surface area contributed by atoms with Crippen molar-refractivity contribution in [1.29, 1.82) is 0 Å². The van der Waals surface area contributed by atoms with Gasteiger partial charge in [-0.3, -0.25) is 0 Å². The number of carbonyl (C=O) groups is 1. The Labute approximate surface area is 188 Å². The Morgan fingerprint density at radius 2 is 1.94 bits per heavy atom. The van der Waals surface area contributed by atoms with E-state index in [-0.39, 0.29) is 0 Å². The predicted molar refractivity (Wildman–Crippen MR) is 127 cm³/mol. The van der Waals surface area contributed by atoms with Crippen LogP contribution in [0.25, 0.3) is 16.5 Å². The summed E-state index contributed by atoms with van der Waals surface area (Å²) in [4.78, 5) is 14.5. The molecule has 0 saturated heterocycles. The fourth-order valence-corrected chi connectivity index (χ4v) is 4.47. The molecule has 2 aromatic carbocycles. The highest BCUT2D eigenvalue weighted by Crippen LogP contribution is 2.33. The van der Waals surface area contributed by atoms with Gasteiger partial charge < -0.3 is 24.9 Å². The molecule has 0 bridgehead atoms. The van der Waals surface area contributed by atoms with Crippen molar-refractivity contribution in [2.75, 3.05) is 20.8 Å². The molecule has 0 spiro atoms. The van der Waals surface area contributed by atoms with Crippen LogP contribution in [0.4, 0.5) is 0 Å². The SMILES string of the molecule is COc1ccc(C2=CCNC(CCCCc3c[nH]c4ccc(C(=O)O)cc34)C2)cc1OC. The quantitative estimate of drug-likeness (QED) is 0.411. The highest BCUT2D eigenvalue weighted by atomic mass is 16.5. The van der Waals surface area contributed by atoms with Gasteiger partial charge in [0.15, 0.2) is 11.5 Å². The lowest BCUT2D eigenvalue weighted by molar-refractivity contribution is 0.0697. The summed E-state index contributed by atoms with van der Waals surface area (Å²) in [6, 6.07) is 11.8. The molecule has 6 heteroatoms. The molecule has 0 amide bonds. The second kappa shape index (κ2) is 9.92. The van der Waals surface area contributed by atoms with Gasteiger partial charge in [0.1, 0.15) is 0 Å². The Morgan fingerprint density at radius 3 is 2.72 bits per heavy atom. The lowest BCUT2D eigenvalue weighted by atomic mass is 9.92. The Morgan fingerprint density at radius 1 is 1.09 bits per heavy atom. The number of unbranched alkanes of at least 4 members (excludes halogenated alkanes) is 1. The number of benzene rings is 2. The summed E-state index contributed by atoms with van der Waals surface area (Å²) in [5, 5.41) is 13.9. The van der Waals surface area contributed by atoms with Gasteiger partial charge in [-0.2, -0.15) is 0 Å². The van der Waals surface area contributed by atoms with Crippen LogP contribution in [0.2, 0.25) is 0 Å². The monoisotopic (exact) mass is 434 g/mol. The molecule has 4 rings (SSSR count). The molecule has 1 aliphatic rings. The number of fused-ring (bicyclic) bond motifs is 1. The Balaban J connectivity index is 1.32. The van der Waals surface area contributed by atoms with Crippen LogP contribution in [0.1, 0.15) is 47.2 Å². The standard InChI is InChI=1S/C26H30N2O4/c1-31-24-10-8-17(15-25(24)32-2)18-11-12-27-21(13-18)6-4-3-5-20-16-28-23-9-7-19(26(29)30)14-22(20)23/h7-11,14-16,21,27-28H,3-6,12-13H2,1-2H3,(H,29,30). The molecular weight excluding hydrogens is 404 g/mol. The largest absolute Gasteiger partial charge is 0.493 e. The van der Waals surface area contributed by atoms with E-state index in [4.69, 9.17) is 9.47 Å². The van der Waals surface area contributed by atoms with Crippen molar-refractivity contribution in [2.24, 2.45) is 0 Å². The van der Waals surface area contributed by atoms with Gasteiger partial charge in [-0.15, -0.1) is 0 Å². The van der Waals surface area contributed by atoms with E-state index in [2.05, 4.69) is 28.5 Å².